The van der Waals surface area contributed by atoms with Crippen LogP contribution in [0.4, 0.5) is 0 Å². The van der Waals surface area contributed by atoms with Crippen LogP contribution in [0.5, 0.6) is 0 Å². The number of hydrogen-bond acceptors (Lipinski definition) is 4. The fraction of sp³-hybridized carbons (Fsp3) is 0.548. The Morgan fingerprint density at radius 2 is 1.28 bits per heavy atom. The first-order valence-corrected chi connectivity index (χ1v) is 14.1. The first-order chi connectivity index (χ1) is 17.4. The molecule has 0 spiro atoms. The third kappa shape index (κ3) is 10.1. The van der Waals surface area contributed by atoms with Crippen molar-refractivity contribution in [3.63, 3.8) is 0 Å². The summed E-state index contributed by atoms with van der Waals surface area (Å²) in [7, 11) is 0.611. The van der Waals surface area contributed by atoms with Crippen LogP contribution in [0.2, 0.25) is 0 Å². The number of esters is 1. The SMILES string of the molecule is CCCCCCCCCCCCOC(=O)C(C(=O)c1c(C)cc(C)c(C)c1C)c1ccccc1.O=[PH3]. The van der Waals surface area contributed by atoms with Crippen LogP contribution in [0.25, 0.3) is 0 Å². The van der Waals surface area contributed by atoms with Crippen molar-refractivity contribution in [2.45, 2.75) is 105 Å². The Morgan fingerprint density at radius 3 is 1.83 bits per heavy atom. The second kappa shape index (κ2) is 18.1. The highest BCUT2D eigenvalue weighted by Gasteiger charge is 2.33. The molecule has 0 aliphatic carbocycles. The minimum Gasteiger partial charge on any atom is -0.465 e. The predicted molar refractivity (Wildman–Crippen MR) is 153 cm³/mol. The van der Waals surface area contributed by atoms with Gasteiger partial charge in [0, 0.05) is 5.56 Å². The van der Waals surface area contributed by atoms with Crippen LogP contribution in [0.3, 0.4) is 0 Å². The van der Waals surface area contributed by atoms with E-state index in [2.05, 4.69) is 13.8 Å². The van der Waals surface area contributed by atoms with E-state index in [0.717, 1.165) is 35.1 Å². The van der Waals surface area contributed by atoms with Gasteiger partial charge in [-0.05, 0) is 61.9 Å². The van der Waals surface area contributed by atoms with E-state index < -0.39 is 11.9 Å². The average molecular weight is 515 g/mol. The van der Waals surface area contributed by atoms with Crippen LogP contribution in [0.1, 0.15) is 115 Å². The molecule has 0 bridgehead atoms. The smallest absolute Gasteiger partial charge is 0.321 e. The normalized spacial score (nSPS) is 11.5. The Labute approximate surface area is 220 Å². The van der Waals surface area contributed by atoms with Gasteiger partial charge in [0.2, 0.25) is 0 Å². The molecule has 0 aromatic heterocycles. The van der Waals surface area contributed by atoms with Crippen molar-refractivity contribution < 1.29 is 18.9 Å². The molecule has 0 aliphatic rings. The molecule has 2 rings (SSSR count). The summed E-state index contributed by atoms with van der Waals surface area (Å²) in [6.07, 6.45) is 12.3. The molecule has 4 nitrogen and oxygen atoms in total. The van der Waals surface area contributed by atoms with Gasteiger partial charge >= 0.3 is 5.97 Å². The molecule has 2 atom stereocenters. The van der Waals surface area contributed by atoms with Crippen LogP contribution in [-0.4, -0.2) is 18.4 Å². The molecule has 0 fully saturated rings. The summed E-state index contributed by atoms with van der Waals surface area (Å²) in [6, 6.07) is 11.3. The minimum atomic E-state index is -0.927. The number of unbranched alkanes of at least 4 members (excludes halogenated alkanes) is 9. The Balaban J connectivity index is 0.00000316. The van der Waals surface area contributed by atoms with Crippen molar-refractivity contribution in [2.24, 2.45) is 0 Å². The Bertz CT molecular complexity index is 939. The number of carbonyl (C=O) groups excluding carboxylic acids is 2. The minimum absolute atomic E-state index is 0.169. The van der Waals surface area contributed by atoms with Crippen LogP contribution < -0.4 is 0 Å². The molecular formula is C31H47O4P. The third-order valence-corrected chi connectivity index (χ3v) is 6.98. The Hall–Kier alpha value is -2.19. The van der Waals surface area contributed by atoms with Crippen LogP contribution in [0.15, 0.2) is 36.4 Å². The number of rotatable bonds is 15. The molecule has 0 radical (unpaired) electrons. The first kappa shape index (κ1) is 31.8. The lowest BCUT2D eigenvalue weighted by Crippen LogP contribution is -2.26. The highest BCUT2D eigenvalue weighted by molar-refractivity contribution is 7.00. The first-order valence-electron chi connectivity index (χ1n) is 13.5. The number of aryl methyl sites for hydroxylation is 2. The van der Waals surface area contributed by atoms with Crippen molar-refractivity contribution in [3.8, 4) is 0 Å². The van der Waals surface area contributed by atoms with E-state index in [0.29, 0.717) is 26.9 Å². The highest BCUT2D eigenvalue weighted by atomic mass is 31.0. The lowest BCUT2D eigenvalue weighted by Gasteiger charge is -2.20. The maximum atomic E-state index is 13.7. The van der Waals surface area contributed by atoms with Gasteiger partial charge in [0.1, 0.15) is 5.92 Å². The largest absolute Gasteiger partial charge is 0.465 e. The van der Waals surface area contributed by atoms with Gasteiger partial charge in [-0.25, -0.2) is 0 Å². The second-order valence-corrected chi connectivity index (χ2v) is 9.69. The van der Waals surface area contributed by atoms with E-state index in [-0.39, 0.29) is 5.78 Å². The lowest BCUT2D eigenvalue weighted by molar-refractivity contribution is -0.144. The van der Waals surface area contributed by atoms with Crippen molar-refractivity contribution >= 4 is 20.9 Å². The summed E-state index contributed by atoms with van der Waals surface area (Å²) in [6.45, 7) is 10.6. The summed E-state index contributed by atoms with van der Waals surface area (Å²) >= 11 is 0. The summed E-state index contributed by atoms with van der Waals surface area (Å²) in [5.41, 5.74) is 5.45. The van der Waals surface area contributed by atoms with Crippen LogP contribution in [-0.2, 0) is 14.1 Å². The molecule has 0 aliphatic heterocycles. The summed E-state index contributed by atoms with van der Waals surface area (Å²) in [5.74, 6) is -1.54. The molecule has 2 aromatic rings. The molecule has 0 amide bonds. The van der Waals surface area contributed by atoms with Crippen LogP contribution in [0, 0.1) is 27.7 Å². The number of hydrogen-bond donors (Lipinski definition) is 0. The predicted octanol–water partition coefficient (Wildman–Crippen LogP) is 8.29. The van der Waals surface area contributed by atoms with E-state index in [1.165, 1.54) is 51.4 Å². The van der Waals surface area contributed by atoms with E-state index >= 15 is 0 Å². The zero-order chi connectivity index (χ0) is 26.9. The van der Waals surface area contributed by atoms with Gasteiger partial charge < -0.3 is 9.30 Å². The molecule has 5 heteroatoms. The molecule has 2 aromatic carbocycles. The molecule has 0 N–H and O–H groups in total. The van der Waals surface area contributed by atoms with E-state index in [9.17, 15) is 9.59 Å². The maximum absolute atomic E-state index is 13.7. The fourth-order valence-corrected chi connectivity index (χ4v) is 4.69. The third-order valence-electron chi connectivity index (χ3n) is 6.98. The molecule has 36 heavy (non-hydrogen) atoms. The van der Waals surface area contributed by atoms with Gasteiger partial charge in [-0.15, -0.1) is 0 Å². The molecule has 0 saturated heterocycles. The zero-order valence-electron chi connectivity index (χ0n) is 23.2. The van der Waals surface area contributed by atoms with Gasteiger partial charge in [0.05, 0.1) is 15.7 Å². The molecule has 0 heterocycles. The van der Waals surface area contributed by atoms with Crippen molar-refractivity contribution in [2.75, 3.05) is 6.61 Å². The molecule has 200 valence electrons. The van der Waals surface area contributed by atoms with Crippen molar-refractivity contribution in [3.05, 3.63) is 69.8 Å². The highest BCUT2D eigenvalue weighted by Crippen LogP contribution is 2.29. The second-order valence-electron chi connectivity index (χ2n) is 9.69. The summed E-state index contributed by atoms with van der Waals surface area (Å²) in [5, 5.41) is 0. The fourth-order valence-electron chi connectivity index (χ4n) is 4.69. The Morgan fingerprint density at radius 1 is 0.750 bits per heavy atom. The van der Waals surface area contributed by atoms with Gasteiger partial charge in [0.25, 0.3) is 0 Å². The number of ether oxygens (including phenoxy) is 1. The quantitative estimate of drug-likeness (QED) is 0.0788. The van der Waals surface area contributed by atoms with Crippen molar-refractivity contribution in [1.82, 2.24) is 0 Å². The summed E-state index contributed by atoms with van der Waals surface area (Å²) in [4.78, 5) is 26.8. The van der Waals surface area contributed by atoms with E-state index in [4.69, 9.17) is 9.30 Å². The van der Waals surface area contributed by atoms with Crippen molar-refractivity contribution in [1.29, 1.82) is 0 Å². The van der Waals surface area contributed by atoms with Gasteiger partial charge in [-0.2, -0.15) is 0 Å². The summed E-state index contributed by atoms with van der Waals surface area (Å²) < 4.78 is 13.9. The number of carbonyl (C=O) groups is 2. The molecule has 0 saturated carbocycles. The zero-order valence-corrected chi connectivity index (χ0v) is 24.6. The lowest BCUT2D eigenvalue weighted by atomic mass is 9.84. The topological polar surface area (TPSA) is 60.4 Å². The monoisotopic (exact) mass is 514 g/mol. The Kier molecular flexibility index (Phi) is 16.0. The molecule has 2 unspecified atom stereocenters. The maximum Gasteiger partial charge on any atom is 0.321 e. The van der Waals surface area contributed by atoms with Gasteiger partial charge in [0.15, 0.2) is 5.78 Å². The van der Waals surface area contributed by atoms with E-state index in [1.807, 2.05) is 57.2 Å². The standard InChI is InChI=1S/C31H44O3.H3OP/c1-6-7-8-9-10-11-12-13-14-18-21-34-31(33)29(27-19-16-15-17-20-27)30(32)28-24(3)22-23(2)25(4)26(28)5;1-2/h15-17,19-20,22,29H,6-14,18,21H2,1-5H3;2H3. The van der Waals surface area contributed by atoms with E-state index in [1.54, 1.807) is 0 Å². The average Bonchev–Trinajstić information content (AvgIpc) is 2.88. The number of Topliss-reactive ketones (excluding diaryl/α,β-unsaturated/α-hetero) is 1. The van der Waals surface area contributed by atoms with Crippen LogP contribution >= 0.6 is 9.12 Å². The number of benzene rings is 2. The molecular weight excluding hydrogens is 467 g/mol. The van der Waals surface area contributed by atoms with Gasteiger partial charge in [-0.3, -0.25) is 9.59 Å². The van der Waals surface area contributed by atoms with Gasteiger partial charge in [-0.1, -0.05) is 101 Å². The number of ketones is 1.